The first-order valence-electron chi connectivity index (χ1n) is 8.53. The van der Waals surface area contributed by atoms with E-state index in [1.807, 2.05) is 44.3 Å². The van der Waals surface area contributed by atoms with Crippen molar-refractivity contribution >= 4 is 27.5 Å². The molecule has 2 heterocycles. The summed E-state index contributed by atoms with van der Waals surface area (Å²) in [7, 11) is 1.84. The molecule has 0 bridgehead atoms. The molecule has 0 aliphatic carbocycles. The number of likely N-dealkylation sites (N-methyl/N-ethyl adjacent to an activating group) is 1. The number of fused-ring (bicyclic) bond motifs is 3. The molecule has 1 amide bonds. The van der Waals surface area contributed by atoms with E-state index in [4.69, 9.17) is 4.74 Å². The van der Waals surface area contributed by atoms with Crippen molar-refractivity contribution in [2.24, 2.45) is 0 Å². The number of hydrogen-bond acceptors (Lipinski definition) is 3. The number of anilines is 1. The molecule has 4 nitrogen and oxygen atoms in total. The van der Waals surface area contributed by atoms with Crippen molar-refractivity contribution in [2.45, 2.75) is 31.7 Å². The highest BCUT2D eigenvalue weighted by Gasteiger charge is 2.55. The lowest BCUT2D eigenvalue weighted by molar-refractivity contribution is -0.130. The predicted octanol–water partition coefficient (Wildman–Crippen LogP) is 3.74. The van der Waals surface area contributed by atoms with E-state index in [9.17, 15) is 4.79 Å². The van der Waals surface area contributed by atoms with Gasteiger partial charge in [0, 0.05) is 29.2 Å². The van der Waals surface area contributed by atoms with E-state index in [0.717, 1.165) is 21.3 Å². The van der Waals surface area contributed by atoms with Gasteiger partial charge in [-0.1, -0.05) is 46.3 Å². The zero-order valence-corrected chi connectivity index (χ0v) is 16.2. The number of halogens is 1. The van der Waals surface area contributed by atoms with Crippen molar-refractivity contribution < 1.29 is 9.53 Å². The number of hydrogen-bond donors (Lipinski definition) is 0. The number of benzene rings is 2. The topological polar surface area (TPSA) is 32.8 Å². The summed E-state index contributed by atoms with van der Waals surface area (Å²) in [6.07, 6.45) is 0.0330. The molecule has 3 unspecified atom stereocenters. The largest absolute Gasteiger partial charge is 0.347 e. The fourth-order valence-corrected chi connectivity index (χ4v) is 4.47. The van der Waals surface area contributed by atoms with E-state index in [1.54, 1.807) is 4.90 Å². The third-order valence-electron chi connectivity index (χ3n) is 5.24. The number of ether oxygens (including phenoxy) is 1. The van der Waals surface area contributed by atoms with Gasteiger partial charge in [-0.2, -0.15) is 0 Å². The fourth-order valence-electron chi connectivity index (χ4n) is 4.11. The first-order valence-corrected chi connectivity index (χ1v) is 9.32. The van der Waals surface area contributed by atoms with Gasteiger partial charge in [0.25, 0.3) is 0 Å². The summed E-state index contributed by atoms with van der Waals surface area (Å²) in [5, 5.41) is 0. The Morgan fingerprint density at radius 2 is 1.88 bits per heavy atom. The first-order chi connectivity index (χ1) is 11.9. The summed E-state index contributed by atoms with van der Waals surface area (Å²) in [6, 6.07) is 16.0. The molecule has 0 N–H and O–H groups in total. The van der Waals surface area contributed by atoms with Crippen LogP contribution in [0.3, 0.4) is 0 Å². The van der Waals surface area contributed by atoms with Crippen molar-refractivity contribution in [1.82, 2.24) is 4.90 Å². The van der Waals surface area contributed by atoms with E-state index >= 15 is 0 Å². The summed E-state index contributed by atoms with van der Waals surface area (Å²) >= 11 is 3.60. The molecule has 0 spiro atoms. The number of rotatable bonds is 1. The Labute approximate surface area is 156 Å². The Bertz CT molecular complexity index is 826. The molecule has 5 heteroatoms. The summed E-state index contributed by atoms with van der Waals surface area (Å²) in [5.41, 5.74) is 2.17. The number of carbonyl (C=O) groups excluding carboxylic acids is 1. The lowest BCUT2D eigenvalue weighted by Gasteiger charge is -2.39. The van der Waals surface area contributed by atoms with Crippen LogP contribution in [0.25, 0.3) is 0 Å². The minimum atomic E-state index is -0.764. The van der Waals surface area contributed by atoms with Crippen LogP contribution in [0, 0.1) is 0 Å². The normalized spacial score (nSPS) is 29.3. The average molecular weight is 401 g/mol. The third kappa shape index (κ3) is 2.37. The van der Waals surface area contributed by atoms with Crippen LogP contribution in [0.1, 0.15) is 25.0 Å². The molecule has 4 rings (SSSR count). The summed E-state index contributed by atoms with van der Waals surface area (Å²) < 4.78 is 7.57. The Morgan fingerprint density at radius 3 is 2.60 bits per heavy atom. The minimum Gasteiger partial charge on any atom is -0.347 e. The molecule has 2 aliphatic rings. The molecule has 130 valence electrons. The summed E-state index contributed by atoms with van der Waals surface area (Å²) in [6.45, 7) is 4.75. The van der Waals surface area contributed by atoms with Gasteiger partial charge in [-0.3, -0.25) is 9.69 Å². The van der Waals surface area contributed by atoms with Crippen LogP contribution in [0.5, 0.6) is 0 Å². The molecule has 2 aromatic carbocycles. The highest BCUT2D eigenvalue weighted by atomic mass is 79.9. The fraction of sp³-hybridized carbons (Fsp3) is 0.350. The third-order valence-corrected chi connectivity index (χ3v) is 5.73. The summed E-state index contributed by atoms with van der Waals surface area (Å²) in [4.78, 5) is 17.0. The van der Waals surface area contributed by atoms with E-state index < -0.39 is 5.72 Å². The lowest BCUT2D eigenvalue weighted by Crippen LogP contribution is -2.50. The van der Waals surface area contributed by atoms with Gasteiger partial charge in [0.05, 0.1) is 17.8 Å². The zero-order chi connectivity index (χ0) is 17.8. The number of nitrogens with zero attached hydrogens (tertiary/aromatic N) is 2. The van der Waals surface area contributed by atoms with E-state index in [-0.39, 0.29) is 18.1 Å². The van der Waals surface area contributed by atoms with E-state index in [2.05, 4.69) is 46.0 Å². The van der Waals surface area contributed by atoms with Crippen molar-refractivity contribution in [1.29, 1.82) is 0 Å². The highest BCUT2D eigenvalue weighted by Crippen LogP contribution is 2.49. The summed E-state index contributed by atoms with van der Waals surface area (Å²) in [5.74, 6) is 0.0825. The Balaban J connectivity index is 2.08. The maximum absolute atomic E-state index is 13.0. The molecule has 1 saturated heterocycles. The Morgan fingerprint density at radius 1 is 1.16 bits per heavy atom. The van der Waals surface area contributed by atoms with Crippen molar-refractivity contribution in [2.75, 3.05) is 18.5 Å². The van der Waals surface area contributed by atoms with Gasteiger partial charge in [0.2, 0.25) is 5.91 Å². The van der Waals surface area contributed by atoms with E-state index in [1.165, 1.54) is 0 Å². The van der Waals surface area contributed by atoms with Crippen LogP contribution in [-0.4, -0.2) is 36.5 Å². The molecule has 0 saturated carbocycles. The van der Waals surface area contributed by atoms with Crippen molar-refractivity contribution in [3.63, 3.8) is 0 Å². The molecule has 2 aromatic rings. The van der Waals surface area contributed by atoms with Gasteiger partial charge in [-0.15, -0.1) is 0 Å². The predicted molar refractivity (Wildman–Crippen MR) is 101 cm³/mol. The molecule has 0 aromatic heterocycles. The number of amides is 1. The molecule has 1 fully saturated rings. The van der Waals surface area contributed by atoms with Crippen LogP contribution in [0.4, 0.5) is 5.69 Å². The van der Waals surface area contributed by atoms with Crippen molar-refractivity contribution in [3.05, 3.63) is 64.1 Å². The minimum absolute atomic E-state index is 0.0330. The van der Waals surface area contributed by atoms with Crippen LogP contribution < -0.4 is 4.90 Å². The highest BCUT2D eigenvalue weighted by molar-refractivity contribution is 9.10. The Hall–Kier alpha value is -1.69. The van der Waals surface area contributed by atoms with Crippen LogP contribution in [0.15, 0.2) is 53.0 Å². The van der Waals surface area contributed by atoms with Crippen LogP contribution in [0.2, 0.25) is 0 Å². The standard InChI is InChI=1S/C20H21BrN2O2/c1-13-12-23-14(2)19(24)22(3)18-10-9-16(21)11-17(18)20(23,25-13)15-7-5-4-6-8-15/h4-11,13-14H,12H2,1-3H3. The van der Waals surface area contributed by atoms with Crippen molar-refractivity contribution in [3.8, 4) is 0 Å². The molecular weight excluding hydrogens is 380 g/mol. The number of carbonyl (C=O) groups is 1. The maximum Gasteiger partial charge on any atom is 0.243 e. The van der Waals surface area contributed by atoms with Gasteiger partial charge < -0.3 is 9.64 Å². The molecule has 25 heavy (non-hydrogen) atoms. The van der Waals surface area contributed by atoms with Gasteiger partial charge in [0.1, 0.15) is 0 Å². The first kappa shape index (κ1) is 16.8. The zero-order valence-electron chi connectivity index (χ0n) is 14.6. The average Bonchev–Trinajstić information content (AvgIpc) is 2.96. The van der Waals surface area contributed by atoms with Crippen LogP contribution >= 0.6 is 15.9 Å². The smallest absolute Gasteiger partial charge is 0.243 e. The van der Waals surface area contributed by atoms with Gasteiger partial charge in [-0.05, 0) is 32.0 Å². The van der Waals surface area contributed by atoms with Gasteiger partial charge >= 0.3 is 0 Å². The molecular formula is C20H21BrN2O2. The SMILES string of the molecule is CC1CN2C(C)C(=O)N(C)c3ccc(Br)cc3C2(c2ccccc2)O1. The van der Waals surface area contributed by atoms with E-state index in [0.29, 0.717) is 6.54 Å². The molecule has 0 radical (unpaired) electrons. The van der Waals surface area contributed by atoms with Gasteiger partial charge in [0.15, 0.2) is 5.72 Å². The maximum atomic E-state index is 13.0. The second kappa shape index (κ2) is 5.94. The van der Waals surface area contributed by atoms with Crippen LogP contribution in [-0.2, 0) is 15.3 Å². The quantitative estimate of drug-likeness (QED) is 0.730. The molecule has 2 aliphatic heterocycles. The lowest BCUT2D eigenvalue weighted by atomic mass is 9.91. The second-order valence-corrected chi connectivity index (χ2v) is 7.74. The second-order valence-electron chi connectivity index (χ2n) is 6.83. The monoisotopic (exact) mass is 400 g/mol. The Kier molecular flexibility index (Phi) is 3.98. The molecule has 3 atom stereocenters. The van der Waals surface area contributed by atoms with Gasteiger partial charge in [-0.25, -0.2) is 0 Å².